The quantitative estimate of drug-likeness (QED) is 0.786. The normalized spacial score (nSPS) is 12.7. The van der Waals surface area contributed by atoms with E-state index in [9.17, 15) is 13.2 Å². The Morgan fingerprint density at radius 1 is 1.15 bits per heavy atom. The van der Waals surface area contributed by atoms with Crippen LogP contribution < -0.4 is 19.1 Å². The van der Waals surface area contributed by atoms with Crippen LogP contribution in [0.2, 0.25) is 0 Å². The number of sulfonamides is 1. The summed E-state index contributed by atoms with van der Waals surface area (Å²) in [5, 5.41) is 2.76. The first kappa shape index (κ1) is 19.0. The van der Waals surface area contributed by atoms with Crippen LogP contribution in [0.3, 0.4) is 0 Å². The highest BCUT2D eigenvalue weighted by atomic mass is 32.2. The number of hydrogen-bond donors (Lipinski definition) is 1. The molecule has 27 heavy (non-hydrogen) atoms. The number of hydrogen-bond acceptors (Lipinski definition) is 5. The van der Waals surface area contributed by atoms with Gasteiger partial charge in [0, 0.05) is 24.7 Å². The summed E-state index contributed by atoms with van der Waals surface area (Å²) < 4.78 is 36.3. The minimum Gasteiger partial charge on any atom is -0.454 e. The van der Waals surface area contributed by atoms with Crippen molar-refractivity contribution in [1.29, 1.82) is 0 Å². The van der Waals surface area contributed by atoms with Crippen LogP contribution in [-0.2, 0) is 21.2 Å². The number of anilines is 2. The molecule has 3 rings (SSSR count). The van der Waals surface area contributed by atoms with Crippen LogP contribution >= 0.6 is 0 Å². The second-order valence-electron chi connectivity index (χ2n) is 6.18. The zero-order valence-electron chi connectivity index (χ0n) is 15.3. The smallest absolute Gasteiger partial charge is 0.232 e. The fourth-order valence-electron chi connectivity index (χ4n) is 2.92. The summed E-state index contributed by atoms with van der Waals surface area (Å²) in [5.41, 5.74) is 2.10. The largest absolute Gasteiger partial charge is 0.454 e. The van der Waals surface area contributed by atoms with Gasteiger partial charge in [-0.15, -0.1) is 0 Å². The number of nitrogens with zero attached hydrogens (tertiary/aromatic N) is 1. The summed E-state index contributed by atoms with van der Waals surface area (Å²) in [6.45, 7) is 2.19. The lowest BCUT2D eigenvalue weighted by Gasteiger charge is -2.24. The van der Waals surface area contributed by atoms with Crippen LogP contribution in [0, 0.1) is 0 Å². The molecule has 0 saturated carbocycles. The highest BCUT2D eigenvalue weighted by Crippen LogP contribution is 2.34. The van der Waals surface area contributed by atoms with E-state index >= 15 is 0 Å². The van der Waals surface area contributed by atoms with Crippen molar-refractivity contribution < 1.29 is 22.7 Å². The Morgan fingerprint density at radius 3 is 2.63 bits per heavy atom. The number of fused-ring (bicyclic) bond motifs is 1. The molecule has 0 spiro atoms. The zero-order chi connectivity index (χ0) is 19.4. The van der Waals surface area contributed by atoms with E-state index in [-0.39, 0.29) is 25.7 Å². The van der Waals surface area contributed by atoms with Gasteiger partial charge in [0.25, 0.3) is 0 Å². The summed E-state index contributed by atoms with van der Waals surface area (Å²) in [6, 6.07) is 12.4. The standard InChI is InChI=1S/C19H22N2O5S/c1-3-14-6-4-5-7-16(14)21(27(2,23)24)11-10-19(22)20-15-8-9-17-18(12-15)26-13-25-17/h4-9,12H,3,10-11,13H2,1-2H3,(H,20,22). The second-order valence-corrected chi connectivity index (χ2v) is 8.09. The molecule has 1 aliphatic heterocycles. The molecule has 1 N–H and O–H groups in total. The maximum Gasteiger partial charge on any atom is 0.232 e. The fourth-order valence-corrected chi connectivity index (χ4v) is 3.88. The number of carbonyl (C=O) groups excluding carboxylic acids is 1. The van der Waals surface area contributed by atoms with Gasteiger partial charge in [-0.3, -0.25) is 9.10 Å². The average molecular weight is 390 g/mol. The van der Waals surface area contributed by atoms with Gasteiger partial charge in [0.15, 0.2) is 11.5 Å². The first-order valence-electron chi connectivity index (χ1n) is 8.63. The highest BCUT2D eigenvalue weighted by Gasteiger charge is 2.21. The van der Waals surface area contributed by atoms with E-state index in [1.807, 2.05) is 19.1 Å². The molecule has 8 heteroatoms. The fraction of sp³-hybridized carbons (Fsp3) is 0.316. The Balaban J connectivity index is 1.69. The van der Waals surface area contributed by atoms with Gasteiger partial charge in [-0.2, -0.15) is 0 Å². The first-order valence-corrected chi connectivity index (χ1v) is 10.5. The summed E-state index contributed by atoms with van der Waals surface area (Å²) in [7, 11) is -3.51. The van der Waals surface area contributed by atoms with Crippen molar-refractivity contribution in [3.8, 4) is 11.5 Å². The van der Waals surface area contributed by atoms with E-state index < -0.39 is 10.0 Å². The third kappa shape index (κ3) is 4.51. The molecule has 1 amide bonds. The summed E-state index contributed by atoms with van der Waals surface area (Å²) in [6.07, 6.45) is 1.88. The Hall–Kier alpha value is -2.74. The molecule has 0 saturated heterocycles. The monoisotopic (exact) mass is 390 g/mol. The first-order chi connectivity index (χ1) is 12.9. The van der Waals surface area contributed by atoms with Crippen LogP contribution in [0.15, 0.2) is 42.5 Å². The predicted octanol–water partition coefficient (Wildman–Crippen LogP) is 2.77. The van der Waals surface area contributed by atoms with Gasteiger partial charge in [0.1, 0.15) is 0 Å². The van der Waals surface area contributed by atoms with Crippen LogP contribution in [0.5, 0.6) is 11.5 Å². The topological polar surface area (TPSA) is 84.9 Å². The zero-order valence-corrected chi connectivity index (χ0v) is 16.1. The minimum atomic E-state index is -3.51. The van der Waals surface area contributed by atoms with Gasteiger partial charge in [0.2, 0.25) is 22.7 Å². The summed E-state index contributed by atoms with van der Waals surface area (Å²) in [5.74, 6) is 0.923. The minimum absolute atomic E-state index is 0.0273. The summed E-state index contributed by atoms with van der Waals surface area (Å²) in [4.78, 5) is 12.3. The van der Waals surface area contributed by atoms with E-state index in [0.717, 1.165) is 11.8 Å². The number of nitrogens with one attached hydrogen (secondary N) is 1. The van der Waals surface area contributed by atoms with Crippen molar-refractivity contribution in [3.63, 3.8) is 0 Å². The molecule has 1 heterocycles. The molecule has 0 radical (unpaired) electrons. The Kier molecular flexibility index (Phi) is 5.55. The van der Waals surface area contributed by atoms with E-state index in [4.69, 9.17) is 9.47 Å². The SMILES string of the molecule is CCc1ccccc1N(CCC(=O)Nc1ccc2c(c1)OCO2)S(C)(=O)=O. The molecule has 0 unspecified atom stereocenters. The van der Waals surface area contributed by atoms with Gasteiger partial charge in [-0.1, -0.05) is 25.1 Å². The van der Waals surface area contributed by atoms with Crippen LogP contribution in [0.1, 0.15) is 18.9 Å². The molecule has 0 fully saturated rings. The molecule has 2 aromatic carbocycles. The lowest BCUT2D eigenvalue weighted by molar-refractivity contribution is -0.116. The number of carbonyl (C=O) groups is 1. The lowest BCUT2D eigenvalue weighted by Crippen LogP contribution is -2.33. The maximum atomic E-state index is 12.3. The predicted molar refractivity (Wildman–Crippen MR) is 104 cm³/mol. The molecular formula is C19H22N2O5S. The number of para-hydroxylation sites is 1. The molecule has 1 aliphatic rings. The van der Waals surface area contributed by atoms with Crippen molar-refractivity contribution in [2.45, 2.75) is 19.8 Å². The van der Waals surface area contributed by atoms with E-state index in [1.54, 1.807) is 30.3 Å². The van der Waals surface area contributed by atoms with Crippen molar-refractivity contribution in [3.05, 3.63) is 48.0 Å². The molecule has 144 valence electrons. The Morgan fingerprint density at radius 2 is 1.89 bits per heavy atom. The van der Waals surface area contributed by atoms with Gasteiger partial charge in [0.05, 0.1) is 11.9 Å². The highest BCUT2D eigenvalue weighted by molar-refractivity contribution is 7.92. The molecule has 0 aromatic heterocycles. The second kappa shape index (κ2) is 7.87. The van der Waals surface area contributed by atoms with Crippen molar-refractivity contribution >= 4 is 27.3 Å². The maximum absolute atomic E-state index is 12.3. The number of rotatable bonds is 7. The van der Waals surface area contributed by atoms with Crippen LogP contribution in [-0.4, -0.2) is 33.9 Å². The number of benzene rings is 2. The van der Waals surface area contributed by atoms with Crippen molar-refractivity contribution in [1.82, 2.24) is 0 Å². The molecule has 0 atom stereocenters. The van der Waals surface area contributed by atoms with E-state index in [2.05, 4.69) is 5.32 Å². The average Bonchev–Trinajstić information content (AvgIpc) is 3.09. The number of aryl methyl sites for hydroxylation is 1. The van der Waals surface area contributed by atoms with Crippen molar-refractivity contribution in [2.24, 2.45) is 0 Å². The van der Waals surface area contributed by atoms with E-state index in [0.29, 0.717) is 29.3 Å². The van der Waals surface area contributed by atoms with Gasteiger partial charge in [-0.25, -0.2) is 8.42 Å². The lowest BCUT2D eigenvalue weighted by atomic mass is 10.1. The molecule has 2 aromatic rings. The van der Waals surface area contributed by atoms with E-state index in [1.165, 1.54) is 4.31 Å². The molecule has 7 nitrogen and oxygen atoms in total. The van der Waals surface area contributed by atoms with Crippen LogP contribution in [0.4, 0.5) is 11.4 Å². The third-order valence-electron chi connectivity index (χ3n) is 4.24. The molecule has 0 bridgehead atoms. The number of amides is 1. The summed E-state index contributed by atoms with van der Waals surface area (Å²) >= 11 is 0. The van der Waals surface area contributed by atoms with Gasteiger partial charge >= 0.3 is 0 Å². The number of ether oxygens (including phenoxy) is 2. The van der Waals surface area contributed by atoms with Crippen LogP contribution in [0.25, 0.3) is 0 Å². The Labute approximate surface area is 158 Å². The Bertz CT molecular complexity index is 943. The van der Waals surface area contributed by atoms with Gasteiger partial charge < -0.3 is 14.8 Å². The third-order valence-corrected chi connectivity index (χ3v) is 5.42. The molecular weight excluding hydrogens is 368 g/mol. The van der Waals surface area contributed by atoms with Gasteiger partial charge in [-0.05, 0) is 30.2 Å². The van der Waals surface area contributed by atoms with Crippen molar-refractivity contribution in [2.75, 3.05) is 29.2 Å². The molecule has 0 aliphatic carbocycles.